The molecule has 3 N–H and O–H groups in total. The fourth-order valence-electron chi connectivity index (χ4n) is 4.65. The Morgan fingerprint density at radius 1 is 0.949 bits per heavy atom. The topological polar surface area (TPSA) is 112 Å². The van der Waals surface area contributed by atoms with Crippen molar-refractivity contribution < 1.29 is 18.8 Å². The van der Waals surface area contributed by atoms with Crippen molar-refractivity contribution in [2.24, 2.45) is 0 Å². The van der Waals surface area contributed by atoms with Crippen LogP contribution in [-0.4, -0.2) is 36.1 Å². The summed E-state index contributed by atoms with van der Waals surface area (Å²) in [6.07, 6.45) is 2.89. The van der Waals surface area contributed by atoms with Crippen LogP contribution in [0.15, 0.2) is 83.8 Å². The zero-order valence-electron chi connectivity index (χ0n) is 21.9. The Balaban J connectivity index is 1.53. The summed E-state index contributed by atoms with van der Waals surface area (Å²) in [5.74, 6) is 1.15. The minimum atomic E-state index is -0.345. The Morgan fingerprint density at radius 2 is 1.72 bits per heavy atom. The fraction of sp³-hybridized carbons (Fsp3) is 0.200. The van der Waals surface area contributed by atoms with Crippen molar-refractivity contribution >= 4 is 28.4 Å². The second-order valence-electron chi connectivity index (χ2n) is 9.11. The van der Waals surface area contributed by atoms with Gasteiger partial charge >= 0.3 is 0 Å². The number of methoxy groups -OCH3 is 2. The molecule has 39 heavy (non-hydrogen) atoms. The lowest BCUT2D eigenvalue weighted by atomic mass is 10.1. The monoisotopic (exact) mass is 524 g/mol. The number of nitrogens with zero attached hydrogens (tertiary/aromatic N) is 3. The highest BCUT2D eigenvalue weighted by molar-refractivity contribution is 6.00. The quantitative estimate of drug-likeness (QED) is 0.227. The number of aromatic nitrogens is 3. The molecule has 0 atom stereocenters. The van der Waals surface area contributed by atoms with Crippen LogP contribution in [0.2, 0.25) is 0 Å². The first kappa shape index (κ1) is 25.7. The van der Waals surface area contributed by atoms with E-state index in [9.17, 15) is 9.59 Å². The van der Waals surface area contributed by atoms with E-state index in [2.05, 4.69) is 5.32 Å². The summed E-state index contributed by atoms with van der Waals surface area (Å²) in [7, 11) is 3.18. The number of nitrogens with two attached hydrogens (primary N) is 1. The number of amides is 1. The summed E-state index contributed by atoms with van der Waals surface area (Å²) in [6, 6.07) is 22.5. The molecule has 0 aliphatic rings. The SMILES string of the molecule is COc1ccc(CC[n+]2c(N)c(C(=O)NCCc3ccccc3)cc3c(=O)n4ccccc4nc32)cc1OC. The number of carbonyl (C=O) groups excluding carboxylic acids is 1. The van der Waals surface area contributed by atoms with E-state index in [0.29, 0.717) is 54.1 Å². The zero-order valence-corrected chi connectivity index (χ0v) is 21.9. The summed E-state index contributed by atoms with van der Waals surface area (Å²) >= 11 is 0. The van der Waals surface area contributed by atoms with Gasteiger partial charge in [0.15, 0.2) is 11.5 Å². The van der Waals surface area contributed by atoms with Gasteiger partial charge in [0, 0.05) is 19.2 Å². The number of hydrogen-bond acceptors (Lipinski definition) is 6. The Bertz CT molecular complexity index is 1720. The first-order valence-electron chi connectivity index (χ1n) is 12.7. The van der Waals surface area contributed by atoms with Crippen molar-refractivity contribution in [3.8, 4) is 11.5 Å². The summed E-state index contributed by atoms with van der Waals surface area (Å²) < 4.78 is 14.0. The Labute approximate surface area is 225 Å². The molecule has 5 rings (SSSR count). The van der Waals surface area contributed by atoms with E-state index in [1.54, 1.807) is 43.2 Å². The molecule has 5 aromatic rings. The molecule has 2 aromatic carbocycles. The van der Waals surface area contributed by atoms with Gasteiger partial charge in [-0.3, -0.25) is 14.0 Å². The number of anilines is 1. The molecular formula is C30H30N5O4+. The molecule has 0 unspecified atom stereocenters. The van der Waals surface area contributed by atoms with Crippen molar-refractivity contribution in [1.29, 1.82) is 0 Å². The third kappa shape index (κ3) is 5.24. The molecule has 0 saturated carbocycles. The molecule has 0 aliphatic carbocycles. The summed E-state index contributed by atoms with van der Waals surface area (Å²) in [4.78, 5) is 31.5. The van der Waals surface area contributed by atoms with Gasteiger partial charge in [-0.2, -0.15) is 0 Å². The standard InChI is InChI=1S/C30H29N5O4/c1-38-24-12-11-21(18-25(24)39-2)14-17-35-27(31)22(29(36)32-15-13-20-8-4-3-5-9-20)19-23-28(35)33-26-10-6-7-16-34(26)30(23)37/h3-12,16,18-19,31H,13-15,17H2,1-2H3,(H,32,36)/p+1. The van der Waals surface area contributed by atoms with E-state index in [-0.39, 0.29) is 22.8 Å². The largest absolute Gasteiger partial charge is 0.493 e. The molecule has 0 fully saturated rings. The Hall–Kier alpha value is -4.92. The number of hydrogen-bond donors (Lipinski definition) is 2. The highest BCUT2D eigenvalue weighted by atomic mass is 16.5. The van der Waals surface area contributed by atoms with E-state index in [4.69, 9.17) is 20.2 Å². The first-order valence-corrected chi connectivity index (χ1v) is 12.7. The van der Waals surface area contributed by atoms with Gasteiger partial charge in [0.25, 0.3) is 17.1 Å². The number of ether oxygens (including phenoxy) is 2. The number of fused-ring (bicyclic) bond motifs is 2. The number of pyridine rings is 2. The second-order valence-corrected chi connectivity index (χ2v) is 9.11. The smallest absolute Gasteiger partial charge is 0.278 e. The maximum atomic E-state index is 13.5. The van der Waals surface area contributed by atoms with Crippen molar-refractivity contribution in [2.45, 2.75) is 19.4 Å². The van der Waals surface area contributed by atoms with E-state index < -0.39 is 0 Å². The average molecular weight is 525 g/mol. The van der Waals surface area contributed by atoms with Crippen LogP contribution in [-0.2, 0) is 19.4 Å². The van der Waals surface area contributed by atoms with Crippen molar-refractivity contribution in [2.75, 3.05) is 26.5 Å². The molecule has 0 radical (unpaired) electrons. The number of nitrogen functional groups attached to an aromatic ring is 1. The zero-order chi connectivity index (χ0) is 27.4. The van der Waals surface area contributed by atoms with Gasteiger partial charge < -0.3 is 20.5 Å². The van der Waals surface area contributed by atoms with Gasteiger partial charge in [0.1, 0.15) is 10.9 Å². The number of nitrogens with one attached hydrogen (secondary N) is 1. The van der Waals surface area contributed by atoms with Crippen LogP contribution in [0.5, 0.6) is 11.5 Å². The minimum absolute atomic E-state index is 0.234. The van der Waals surface area contributed by atoms with E-state index >= 15 is 0 Å². The van der Waals surface area contributed by atoms with Crippen LogP contribution < -0.4 is 30.7 Å². The Morgan fingerprint density at radius 3 is 2.49 bits per heavy atom. The third-order valence-corrected chi connectivity index (χ3v) is 6.72. The molecule has 0 spiro atoms. The number of aryl methyl sites for hydroxylation is 2. The van der Waals surface area contributed by atoms with Gasteiger partial charge in [-0.25, -0.2) is 4.57 Å². The lowest BCUT2D eigenvalue weighted by molar-refractivity contribution is -0.658. The number of benzene rings is 2. The first-order chi connectivity index (χ1) is 19.0. The maximum Gasteiger partial charge on any atom is 0.278 e. The molecule has 0 bridgehead atoms. The van der Waals surface area contributed by atoms with Crippen LogP contribution in [0.4, 0.5) is 5.82 Å². The lowest BCUT2D eigenvalue weighted by Gasteiger charge is -2.13. The van der Waals surface area contributed by atoms with Gasteiger partial charge in [-0.1, -0.05) is 47.4 Å². The molecule has 3 heterocycles. The van der Waals surface area contributed by atoms with Gasteiger partial charge in [0.05, 0.1) is 20.8 Å². The lowest BCUT2D eigenvalue weighted by Crippen LogP contribution is -2.43. The second kappa shape index (κ2) is 11.2. The average Bonchev–Trinajstić information content (AvgIpc) is 2.97. The third-order valence-electron chi connectivity index (χ3n) is 6.72. The normalized spacial score (nSPS) is 11.0. The van der Waals surface area contributed by atoms with E-state index in [0.717, 1.165) is 11.1 Å². The molecule has 9 heteroatoms. The highest BCUT2D eigenvalue weighted by Crippen LogP contribution is 2.27. The van der Waals surface area contributed by atoms with E-state index in [1.165, 1.54) is 4.40 Å². The van der Waals surface area contributed by atoms with Crippen LogP contribution >= 0.6 is 0 Å². The molecule has 3 aromatic heterocycles. The molecule has 1 amide bonds. The van der Waals surface area contributed by atoms with Gasteiger partial charge in [-0.15, -0.1) is 0 Å². The molecule has 0 saturated heterocycles. The summed E-state index contributed by atoms with van der Waals surface area (Å²) in [6.45, 7) is 0.819. The minimum Gasteiger partial charge on any atom is -0.493 e. The number of carbonyl (C=O) groups is 1. The molecular weight excluding hydrogens is 494 g/mol. The predicted molar refractivity (Wildman–Crippen MR) is 149 cm³/mol. The molecule has 9 nitrogen and oxygen atoms in total. The molecule has 198 valence electrons. The van der Waals surface area contributed by atoms with Gasteiger partial charge in [0.2, 0.25) is 11.5 Å². The van der Waals surface area contributed by atoms with E-state index in [1.807, 2.05) is 54.6 Å². The predicted octanol–water partition coefficient (Wildman–Crippen LogP) is 2.95. The highest BCUT2D eigenvalue weighted by Gasteiger charge is 2.24. The van der Waals surface area contributed by atoms with Gasteiger partial charge in [-0.05, 0) is 47.9 Å². The van der Waals surface area contributed by atoms with Crippen molar-refractivity contribution in [3.63, 3.8) is 0 Å². The summed E-state index contributed by atoms with van der Waals surface area (Å²) in [5.41, 5.74) is 9.57. The fourth-order valence-corrected chi connectivity index (χ4v) is 4.65. The van der Waals surface area contributed by atoms with Crippen LogP contribution in [0.3, 0.4) is 0 Å². The van der Waals surface area contributed by atoms with Crippen LogP contribution in [0, 0.1) is 0 Å². The number of rotatable bonds is 9. The summed E-state index contributed by atoms with van der Waals surface area (Å²) in [5, 5.41) is 3.26. The van der Waals surface area contributed by atoms with Crippen LogP contribution in [0.1, 0.15) is 21.5 Å². The van der Waals surface area contributed by atoms with Crippen molar-refractivity contribution in [3.05, 3.63) is 106 Å². The molecule has 0 aliphatic heterocycles. The van der Waals surface area contributed by atoms with Crippen LogP contribution in [0.25, 0.3) is 16.7 Å². The van der Waals surface area contributed by atoms with Crippen molar-refractivity contribution in [1.82, 2.24) is 14.7 Å². The Kier molecular flexibility index (Phi) is 7.40. The maximum absolute atomic E-state index is 13.5.